The predicted molar refractivity (Wildman–Crippen MR) is 52.7 cm³/mol. The minimum atomic E-state index is -0.158. The average Bonchev–Trinajstić information content (AvgIpc) is 2.10. The van der Waals surface area contributed by atoms with Crippen molar-refractivity contribution in [2.75, 3.05) is 13.7 Å². The second kappa shape index (κ2) is 5.38. The number of rotatable bonds is 3. The highest BCUT2D eigenvalue weighted by Crippen LogP contribution is 2.32. The van der Waals surface area contributed by atoms with Crippen molar-refractivity contribution < 1.29 is 9.53 Å². The lowest BCUT2D eigenvalue weighted by atomic mass is 9.78. The van der Waals surface area contributed by atoms with E-state index in [1.54, 1.807) is 7.11 Å². The van der Waals surface area contributed by atoms with E-state index in [4.69, 9.17) is 4.74 Å². The van der Waals surface area contributed by atoms with Crippen LogP contribution in [-0.4, -0.2) is 20.0 Å². The molecule has 0 heterocycles. The van der Waals surface area contributed by atoms with E-state index < -0.39 is 0 Å². The van der Waals surface area contributed by atoms with Gasteiger partial charge in [0.05, 0.1) is 6.61 Å². The molecule has 1 rings (SSSR count). The molecule has 1 fully saturated rings. The van der Waals surface area contributed by atoms with Crippen molar-refractivity contribution in [3.63, 3.8) is 0 Å². The van der Waals surface area contributed by atoms with Crippen LogP contribution in [0.2, 0.25) is 0 Å². The third kappa shape index (κ3) is 3.11. The summed E-state index contributed by atoms with van der Waals surface area (Å²) in [6.45, 7) is 0.608. The third-order valence-electron chi connectivity index (χ3n) is 3.03. The summed E-state index contributed by atoms with van der Waals surface area (Å²) in [6.07, 6.45) is 9.42. The van der Waals surface area contributed by atoms with Crippen molar-refractivity contribution in [3.05, 3.63) is 0 Å². The highest BCUT2D eigenvalue weighted by Gasteiger charge is 2.29. The topological polar surface area (TPSA) is 26.3 Å². The lowest BCUT2D eigenvalue weighted by Gasteiger charge is -2.28. The van der Waals surface area contributed by atoms with Gasteiger partial charge in [0, 0.05) is 12.5 Å². The summed E-state index contributed by atoms with van der Waals surface area (Å²) in [6, 6.07) is 0. The Morgan fingerprint density at radius 2 is 1.69 bits per heavy atom. The zero-order valence-electron chi connectivity index (χ0n) is 8.55. The van der Waals surface area contributed by atoms with Crippen LogP contribution in [0.4, 0.5) is 0 Å². The molecule has 2 nitrogen and oxygen atoms in total. The van der Waals surface area contributed by atoms with Crippen LogP contribution < -0.4 is 0 Å². The Bertz CT molecular complexity index is 146. The second-order valence-electron chi connectivity index (χ2n) is 4.18. The molecule has 0 unspecified atom stereocenters. The molecular formula is C11H20O2. The second-order valence-corrected chi connectivity index (χ2v) is 4.18. The summed E-state index contributed by atoms with van der Waals surface area (Å²) in [5, 5.41) is 0. The van der Waals surface area contributed by atoms with Crippen molar-refractivity contribution >= 4 is 6.29 Å². The first-order valence-electron chi connectivity index (χ1n) is 5.28. The van der Waals surface area contributed by atoms with Crippen LogP contribution in [0.5, 0.6) is 0 Å². The summed E-state index contributed by atoms with van der Waals surface area (Å²) < 4.78 is 5.14. The van der Waals surface area contributed by atoms with Crippen LogP contribution in [0.1, 0.15) is 44.9 Å². The van der Waals surface area contributed by atoms with E-state index in [9.17, 15) is 4.79 Å². The van der Waals surface area contributed by atoms with Crippen molar-refractivity contribution in [1.82, 2.24) is 0 Å². The normalized spacial score (nSPS) is 23.2. The molecule has 13 heavy (non-hydrogen) atoms. The van der Waals surface area contributed by atoms with E-state index in [-0.39, 0.29) is 5.41 Å². The fraction of sp³-hybridized carbons (Fsp3) is 0.909. The van der Waals surface area contributed by atoms with Gasteiger partial charge in [-0.2, -0.15) is 0 Å². The highest BCUT2D eigenvalue weighted by atomic mass is 16.5. The van der Waals surface area contributed by atoms with Crippen LogP contribution >= 0.6 is 0 Å². The SMILES string of the molecule is COCC1(C=O)CCCCCCC1. The molecule has 0 amide bonds. The van der Waals surface area contributed by atoms with Gasteiger partial charge in [0.1, 0.15) is 6.29 Å². The Morgan fingerprint density at radius 3 is 2.15 bits per heavy atom. The van der Waals surface area contributed by atoms with Gasteiger partial charge in [-0.1, -0.05) is 32.1 Å². The zero-order valence-corrected chi connectivity index (χ0v) is 8.55. The molecule has 1 saturated carbocycles. The van der Waals surface area contributed by atoms with Gasteiger partial charge in [0.2, 0.25) is 0 Å². The van der Waals surface area contributed by atoms with Crippen LogP contribution in [-0.2, 0) is 9.53 Å². The number of hydrogen-bond donors (Lipinski definition) is 0. The molecule has 0 aromatic carbocycles. The highest BCUT2D eigenvalue weighted by molar-refractivity contribution is 5.59. The number of carbonyl (C=O) groups is 1. The number of carbonyl (C=O) groups excluding carboxylic acids is 1. The Kier molecular flexibility index (Phi) is 4.43. The molecule has 0 bridgehead atoms. The molecule has 0 aromatic heterocycles. The van der Waals surface area contributed by atoms with E-state index in [1.165, 1.54) is 32.1 Å². The lowest BCUT2D eigenvalue weighted by Crippen LogP contribution is -2.29. The van der Waals surface area contributed by atoms with Crippen molar-refractivity contribution in [2.24, 2.45) is 5.41 Å². The molecule has 76 valence electrons. The van der Waals surface area contributed by atoms with Gasteiger partial charge in [-0.3, -0.25) is 0 Å². The van der Waals surface area contributed by atoms with E-state index in [0.29, 0.717) is 6.61 Å². The van der Waals surface area contributed by atoms with E-state index >= 15 is 0 Å². The van der Waals surface area contributed by atoms with Crippen molar-refractivity contribution in [1.29, 1.82) is 0 Å². The molecule has 0 spiro atoms. The fourth-order valence-corrected chi connectivity index (χ4v) is 2.19. The van der Waals surface area contributed by atoms with E-state index in [0.717, 1.165) is 19.1 Å². The van der Waals surface area contributed by atoms with Crippen molar-refractivity contribution in [2.45, 2.75) is 44.9 Å². The monoisotopic (exact) mass is 184 g/mol. The summed E-state index contributed by atoms with van der Waals surface area (Å²) in [4.78, 5) is 11.1. The number of ether oxygens (including phenoxy) is 1. The van der Waals surface area contributed by atoms with Crippen molar-refractivity contribution in [3.8, 4) is 0 Å². The standard InChI is InChI=1S/C11H20O2/c1-13-10-11(9-12)7-5-3-2-4-6-8-11/h9H,2-8,10H2,1H3. The fourth-order valence-electron chi connectivity index (χ4n) is 2.19. The van der Waals surface area contributed by atoms with Crippen LogP contribution in [0.25, 0.3) is 0 Å². The smallest absolute Gasteiger partial charge is 0.128 e. The van der Waals surface area contributed by atoms with Gasteiger partial charge >= 0.3 is 0 Å². The van der Waals surface area contributed by atoms with Crippen LogP contribution in [0, 0.1) is 5.41 Å². The predicted octanol–water partition coefficient (Wildman–Crippen LogP) is 2.56. The Hall–Kier alpha value is -0.370. The van der Waals surface area contributed by atoms with Gasteiger partial charge in [-0.05, 0) is 12.8 Å². The molecule has 2 heteroatoms. The number of hydrogen-bond acceptors (Lipinski definition) is 2. The summed E-state index contributed by atoms with van der Waals surface area (Å²) in [5.41, 5.74) is -0.158. The maximum Gasteiger partial charge on any atom is 0.128 e. The van der Waals surface area contributed by atoms with E-state index in [1.807, 2.05) is 0 Å². The molecular weight excluding hydrogens is 164 g/mol. The maximum absolute atomic E-state index is 11.1. The summed E-state index contributed by atoms with van der Waals surface area (Å²) in [7, 11) is 1.68. The molecule has 0 atom stereocenters. The molecule has 0 aliphatic heterocycles. The molecule has 0 aromatic rings. The lowest BCUT2D eigenvalue weighted by molar-refractivity contribution is -0.120. The van der Waals surface area contributed by atoms with Crippen LogP contribution in [0.3, 0.4) is 0 Å². The minimum Gasteiger partial charge on any atom is -0.384 e. The average molecular weight is 184 g/mol. The Morgan fingerprint density at radius 1 is 1.15 bits per heavy atom. The number of methoxy groups -OCH3 is 1. The quantitative estimate of drug-likeness (QED) is 0.630. The van der Waals surface area contributed by atoms with Gasteiger partial charge in [0.25, 0.3) is 0 Å². The largest absolute Gasteiger partial charge is 0.384 e. The summed E-state index contributed by atoms with van der Waals surface area (Å²) >= 11 is 0. The molecule has 0 saturated heterocycles. The van der Waals surface area contributed by atoms with Crippen LogP contribution in [0.15, 0.2) is 0 Å². The number of aldehydes is 1. The van der Waals surface area contributed by atoms with E-state index in [2.05, 4.69) is 0 Å². The van der Waals surface area contributed by atoms with Gasteiger partial charge < -0.3 is 9.53 Å². The van der Waals surface area contributed by atoms with Gasteiger partial charge in [-0.25, -0.2) is 0 Å². The van der Waals surface area contributed by atoms with Gasteiger partial charge in [-0.15, -0.1) is 0 Å². The third-order valence-corrected chi connectivity index (χ3v) is 3.03. The minimum absolute atomic E-state index is 0.158. The molecule has 0 radical (unpaired) electrons. The van der Waals surface area contributed by atoms with Gasteiger partial charge in [0.15, 0.2) is 0 Å². The Balaban J connectivity index is 2.52. The zero-order chi connectivity index (χ0) is 9.57. The molecule has 0 N–H and O–H groups in total. The Labute approximate surface area is 80.7 Å². The first-order valence-corrected chi connectivity index (χ1v) is 5.28. The first kappa shape index (κ1) is 10.7. The first-order chi connectivity index (χ1) is 6.33. The molecule has 1 aliphatic rings. The maximum atomic E-state index is 11.1. The molecule has 1 aliphatic carbocycles. The summed E-state index contributed by atoms with van der Waals surface area (Å²) in [5.74, 6) is 0.